The highest BCUT2D eigenvalue weighted by molar-refractivity contribution is 5.72. The Hall–Kier alpha value is -0.790. The van der Waals surface area contributed by atoms with Crippen LogP contribution in [0, 0.1) is 0 Å². The lowest BCUT2D eigenvalue weighted by Crippen LogP contribution is -2.19. The molecule has 0 fully saturated rings. The monoisotopic (exact) mass is 211 g/mol. The first-order valence-electron chi connectivity index (χ1n) is 6.13. The summed E-state index contributed by atoms with van der Waals surface area (Å²) < 4.78 is 0. The van der Waals surface area contributed by atoms with Crippen LogP contribution in [0.15, 0.2) is 11.6 Å². The van der Waals surface area contributed by atoms with Gasteiger partial charge in [-0.25, -0.2) is 0 Å². The average Bonchev–Trinajstić information content (AvgIpc) is 2.20. The highest BCUT2D eigenvalue weighted by Crippen LogP contribution is 2.14. The maximum atomic E-state index is 10.7. The molecule has 0 aliphatic rings. The molecule has 0 heterocycles. The molecular weight excluding hydrogens is 186 g/mol. The van der Waals surface area contributed by atoms with E-state index in [4.69, 9.17) is 0 Å². The fraction of sp³-hybridized carbons (Fsp3) is 0.769. The number of amides is 1. The number of carbonyl (C=O) groups excluding carboxylic acids is 1. The van der Waals surface area contributed by atoms with Crippen molar-refractivity contribution in [2.75, 3.05) is 6.54 Å². The van der Waals surface area contributed by atoms with Gasteiger partial charge < -0.3 is 5.32 Å². The Kier molecular flexibility index (Phi) is 9.24. The van der Waals surface area contributed by atoms with Gasteiger partial charge in [0.25, 0.3) is 0 Å². The summed E-state index contributed by atoms with van der Waals surface area (Å²) in [4.78, 5) is 10.7. The number of hydrogen-bond donors (Lipinski definition) is 1. The summed E-state index contributed by atoms with van der Waals surface area (Å²) in [6, 6.07) is 0. The molecule has 88 valence electrons. The van der Waals surface area contributed by atoms with Gasteiger partial charge >= 0.3 is 0 Å². The summed E-state index contributed by atoms with van der Waals surface area (Å²) in [5, 5.41) is 2.81. The van der Waals surface area contributed by atoms with Gasteiger partial charge in [0.15, 0.2) is 0 Å². The smallest absolute Gasteiger partial charge is 0.217 e. The Bertz CT molecular complexity index is 187. The minimum Gasteiger partial charge on any atom is -0.353 e. The van der Waals surface area contributed by atoms with Crippen molar-refractivity contribution in [3.8, 4) is 0 Å². The van der Waals surface area contributed by atoms with Crippen LogP contribution in [0.2, 0.25) is 0 Å². The molecule has 0 rings (SSSR count). The third-order valence-corrected chi connectivity index (χ3v) is 2.44. The predicted molar refractivity (Wildman–Crippen MR) is 65.8 cm³/mol. The Balaban J connectivity index is 3.90. The number of carbonyl (C=O) groups is 1. The minimum absolute atomic E-state index is 0.0524. The zero-order valence-electron chi connectivity index (χ0n) is 10.4. The molecule has 0 aromatic carbocycles. The third-order valence-electron chi connectivity index (χ3n) is 2.44. The quantitative estimate of drug-likeness (QED) is 0.612. The van der Waals surface area contributed by atoms with Crippen LogP contribution >= 0.6 is 0 Å². The first kappa shape index (κ1) is 14.2. The molecule has 0 aliphatic heterocycles. The lowest BCUT2D eigenvalue weighted by Gasteiger charge is -2.06. The largest absolute Gasteiger partial charge is 0.353 e. The number of hydrogen-bond acceptors (Lipinski definition) is 1. The molecule has 0 aromatic rings. The molecule has 2 nitrogen and oxygen atoms in total. The molecule has 1 N–H and O–H groups in total. The summed E-state index contributed by atoms with van der Waals surface area (Å²) in [6.07, 6.45) is 9.57. The lowest BCUT2D eigenvalue weighted by molar-refractivity contribution is -0.118. The van der Waals surface area contributed by atoms with Crippen molar-refractivity contribution < 1.29 is 4.79 Å². The van der Waals surface area contributed by atoms with E-state index in [1.165, 1.54) is 44.1 Å². The number of allylic oxidation sites excluding steroid dienone is 1. The van der Waals surface area contributed by atoms with Crippen molar-refractivity contribution in [2.24, 2.45) is 0 Å². The van der Waals surface area contributed by atoms with E-state index >= 15 is 0 Å². The molecule has 0 aromatic heterocycles. The summed E-state index contributed by atoms with van der Waals surface area (Å²) in [7, 11) is 0. The summed E-state index contributed by atoms with van der Waals surface area (Å²) in [5.74, 6) is 0.0524. The zero-order valence-corrected chi connectivity index (χ0v) is 10.4. The second-order valence-electron chi connectivity index (χ2n) is 4.01. The number of nitrogens with one attached hydrogen (secondary N) is 1. The third kappa shape index (κ3) is 9.51. The lowest BCUT2D eigenvalue weighted by atomic mass is 10.0. The first-order chi connectivity index (χ1) is 7.20. The molecular formula is C13H25NO. The van der Waals surface area contributed by atoms with Crippen LogP contribution in [0.25, 0.3) is 0 Å². The van der Waals surface area contributed by atoms with Gasteiger partial charge in [0.05, 0.1) is 0 Å². The Morgan fingerprint density at radius 3 is 2.07 bits per heavy atom. The molecule has 1 amide bonds. The van der Waals surface area contributed by atoms with Crippen LogP contribution in [-0.2, 0) is 4.79 Å². The zero-order chi connectivity index (χ0) is 11.5. The Morgan fingerprint density at radius 2 is 1.67 bits per heavy atom. The number of rotatable bonds is 8. The molecule has 0 bridgehead atoms. The van der Waals surface area contributed by atoms with Crippen LogP contribution < -0.4 is 5.32 Å². The van der Waals surface area contributed by atoms with E-state index in [0.29, 0.717) is 6.54 Å². The van der Waals surface area contributed by atoms with E-state index < -0.39 is 0 Å². The minimum atomic E-state index is 0.0524. The second-order valence-corrected chi connectivity index (χ2v) is 4.01. The maximum Gasteiger partial charge on any atom is 0.217 e. The van der Waals surface area contributed by atoms with E-state index in [1.807, 2.05) is 0 Å². The van der Waals surface area contributed by atoms with Gasteiger partial charge in [0.1, 0.15) is 0 Å². The molecule has 15 heavy (non-hydrogen) atoms. The molecule has 0 unspecified atom stereocenters. The summed E-state index contributed by atoms with van der Waals surface area (Å²) >= 11 is 0. The van der Waals surface area contributed by atoms with E-state index in [1.54, 1.807) is 6.92 Å². The van der Waals surface area contributed by atoms with Crippen LogP contribution in [0.1, 0.15) is 59.3 Å². The van der Waals surface area contributed by atoms with Gasteiger partial charge in [-0.05, 0) is 25.7 Å². The average molecular weight is 211 g/mol. The van der Waals surface area contributed by atoms with E-state index in [9.17, 15) is 4.79 Å². The van der Waals surface area contributed by atoms with Gasteiger partial charge in [-0.3, -0.25) is 4.79 Å². The number of unbranched alkanes of at least 4 members (excludes halogenated alkanes) is 2. The normalized spacial score (nSPS) is 9.80. The molecule has 0 saturated heterocycles. The van der Waals surface area contributed by atoms with E-state index in [-0.39, 0.29) is 5.91 Å². The van der Waals surface area contributed by atoms with Crippen molar-refractivity contribution in [3.63, 3.8) is 0 Å². The van der Waals surface area contributed by atoms with Crippen LogP contribution in [0.3, 0.4) is 0 Å². The Morgan fingerprint density at radius 1 is 1.13 bits per heavy atom. The maximum absolute atomic E-state index is 10.7. The van der Waals surface area contributed by atoms with Crippen molar-refractivity contribution in [3.05, 3.63) is 11.6 Å². The van der Waals surface area contributed by atoms with Gasteiger partial charge in [0, 0.05) is 13.5 Å². The Labute approximate surface area is 94.1 Å². The van der Waals surface area contributed by atoms with Crippen molar-refractivity contribution in [1.29, 1.82) is 0 Å². The molecule has 0 spiro atoms. The van der Waals surface area contributed by atoms with Gasteiger partial charge in [0.2, 0.25) is 5.91 Å². The van der Waals surface area contributed by atoms with Crippen LogP contribution in [-0.4, -0.2) is 12.5 Å². The highest BCUT2D eigenvalue weighted by Gasteiger charge is 1.97. The summed E-state index contributed by atoms with van der Waals surface area (Å²) in [5.41, 5.74) is 1.51. The van der Waals surface area contributed by atoms with Crippen molar-refractivity contribution in [1.82, 2.24) is 5.32 Å². The van der Waals surface area contributed by atoms with E-state index in [2.05, 4.69) is 25.2 Å². The van der Waals surface area contributed by atoms with Crippen molar-refractivity contribution in [2.45, 2.75) is 59.3 Å². The fourth-order valence-corrected chi connectivity index (χ4v) is 1.48. The molecule has 0 radical (unpaired) electrons. The van der Waals surface area contributed by atoms with Crippen LogP contribution in [0.4, 0.5) is 0 Å². The second kappa shape index (κ2) is 9.75. The molecule has 0 saturated carbocycles. The SMILES string of the molecule is CCCCC(=CCNC(C)=O)CCCC. The van der Waals surface area contributed by atoms with E-state index in [0.717, 1.165) is 0 Å². The summed E-state index contributed by atoms with van der Waals surface area (Å²) in [6.45, 7) is 6.68. The predicted octanol–water partition coefficient (Wildman–Crippen LogP) is 3.43. The van der Waals surface area contributed by atoms with Crippen molar-refractivity contribution >= 4 is 5.91 Å². The highest BCUT2D eigenvalue weighted by atomic mass is 16.1. The first-order valence-corrected chi connectivity index (χ1v) is 6.13. The standard InChI is InChI=1S/C13H25NO/c1-4-6-8-13(9-7-5-2)10-11-14-12(3)15/h10H,4-9,11H2,1-3H3,(H,14,15). The van der Waals surface area contributed by atoms with Gasteiger partial charge in [-0.1, -0.05) is 38.3 Å². The molecule has 2 heteroatoms. The topological polar surface area (TPSA) is 29.1 Å². The van der Waals surface area contributed by atoms with Gasteiger partial charge in [-0.15, -0.1) is 0 Å². The van der Waals surface area contributed by atoms with Gasteiger partial charge in [-0.2, -0.15) is 0 Å². The molecule has 0 aliphatic carbocycles. The van der Waals surface area contributed by atoms with Crippen LogP contribution in [0.5, 0.6) is 0 Å². The fourth-order valence-electron chi connectivity index (χ4n) is 1.48. The molecule has 0 atom stereocenters.